The number of aliphatic hydroxyl groups is 1. The van der Waals surface area contributed by atoms with E-state index >= 15 is 0 Å². The van der Waals surface area contributed by atoms with Crippen LogP contribution in [0.5, 0.6) is 0 Å². The van der Waals surface area contributed by atoms with Crippen LogP contribution in [0.4, 0.5) is 0 Å². The molecule has 0 aliphatic carbocycles. The van der Waals surface area contributed by atoms with Crippen molar-refractivity contribution in [2.75, 3.05) is 19.4 Å². The smallest absolute Gasteiger partial charge is 0.227 e. The van der Waals surface area contributed by atoms with Crippen molar-refractivity contribution in [1.29, 1.82) is 5.26 Å². The summed E-state index contributed by atoms with van der Waals surface area (Å²) in [5.74, 6) is 4.75. The van der Waals surface area contributed by atoms with Gasteiger partial charge in [0.15, 0.2) is 5.75 Å². The normalized spacial score (nSPS) is 10.8. The molecule has 5 nitrogen and oxygen atoms in total. The summed E-state index contributed by atoms with van der Waals surface area (Å²) in [7, 11) is -2.08. The summed E-state index contributed by atoms with van der Waals surface area (Å²) in [6, 6.07) is 3.40. The van der Waals surface area contributed by atoms with Gasteiger partial charge >= 0.3 is 0 Å². The highest BCUT2D eigenvalue weighted by Crippen LogP contribution is 2.16. The predicted molar refractivity (Wildman–Crippen MR) is 69.1 cm³/mol. The first-order chi connectivity index (χ1) is 8.49. The molecule has 0 saturated carbocycles. The van der Waals surface area contributed by atoms with Crippen LogP contribution in [0.1, 0.15) is 10.4 Å². The first-order valence-corrected chi connectivity index (χ1v) is 7.46. The molecule has 0 unspecified atom stereocenters. The van der Waals surface area contributed by atoms with Crippen LogP contribution >= 0.6 is 11.3 Å². The number of sulfonamides is 1. The summed E-state index contributed by atoms with van der Waals surface area (Å²) >= 11 is 1.38. The number of nitrogens with zero attached hydrogens (tertiary/aromatic N) is 2. The molecule has 0 radical (unpaired) electrons. The average molecular weight is 284 g/mol. The fraction of sp³-hybridized carbons (Fsp3) is 0.364. The molecule has 0 atom stereocenters. The van der Waals surface area contributed by atoms with Gasteiger partial charge in [-0.15, -0.1) is 11.3 Å². The molecule has 1 heterocycles. The van der Waals surface area contributed by atoms with Crippen molar-refractivity contribution in [3.63, 3.8) is 0 Å². The van der Waals surface area contributed by atoms with Gasteiger partial charge in [-0.25, -0.2) is 8.42 Å². The summed E-state index contributed by atoms with van der Waals surface area (Å²) in [4.78, 5) is 0.769. The zero-order valence-electron chi connectivity index (χ0n) is 9.75. The lowest BCUT2D eigenvalue weighted by atomic mass is 10.3. The van der Waals surface area contributed by atoms with Crippen LogP contribution in [0, 0.1) is 23.2 Å². The Labute approximate surface area is 110 Å². The molecule has 96 valence electrons. The summed E-state index contributed by atoms with van der Waals surface area (Å²) in [6.45, 7) is 0.00496. The van der Waals surface area contributed by atoms with E-state index < -0.39 is 15.8 Å². The molecular formula is C11H12N2O3S2. The van der Waals surface area contributed by atoms with E-state index in [1.807, 2.05) is 0 Å². The molecular weight excluding hydrogens is 272 g/mol. The highest BCUT2D eigenvalue weighted by atomic mass is 32.2. The summed E-state index contributed by atoms with van der Waals surface area (Å²) in [5, 5.41) is 18.8. The molecule has 7 heteroatoms. The van der Waals surface area contributed by atoms with Crippen molar-refractivity contribution in [1.82, 2.24) is 4.31 Å². The third kappa shape index (κ3) is 4.13. The quantitative estimate of drug-likeness (QED) is 0.810. The maximum Gasteiger partial charge on any atom is 0.227 e. The van der Waals surface area contributed by atoms with E-state index in [0.717, 1.165) is 14.7 Å². The van der Waals surface area contributed by atoms with Crippen LogP contribution in [-0.4, -0.2) is 37.2 Å². The van der Waals surface area contributed by atoms with E-state index in [-0.39, 0.29) is 13.2 Å². The van der Waals surface area contributed by atoms with Crippen LogP contribution in [0.3, 0.4) is 0 Å². The Bertz CT molecular complexity index is 602. The Morgan fingerprint density at radius 1 is 1.56 bits per heavy atom. The topological polar surface area (TPSA) is 81.4 Å². The van der Waals surface area contributed by atoms with E-state index in [1.165, 1.54) is 18.4 Å². The number of rotatable bonds is 4. The lowest BCUT2D eigenvalue weighted by molar-refractivity contribution is 0.350. The SMILES string of the molecule is CN(Cc1csc(C#CCO)c1)S(=O)(=O)CC#N. The standard InChI is InChI=1S/C11H12N2O3S2/c1-13(18(15,16)6-4-12)8-10-7-11(17-9-10)3-2-5-14/h7,9,14H,5-6,8H2,1H3. The van der Waals surface area contributed by atoms with Crippen molar-refractivity contribution < 1.29 is 13.5 Å². The highest BCUT2D eigenvalue weighted by Gasteiger charge is 2.17. The van der Waals surface area contributed by atoms with E-state index in [1.54, 1.807) is 17.5 Å². The van der Waals surface area contributed by atoms with Crippen molar-refractivity contribution >= 4 is 21.4 Å². The Hall–Kier alpha value is -1.38. The van der Waals surface area contributed by atoms with Crippen LogP contribution in [-0.2, 0) is 16.6 Å². The zero-order valence-corrected chi connectivity index (χ0v) is 11.4. The summed E-state index contributed by atoms with van der Waals surface area (Å²) in [6.07, 6.45) is 0. The van der Waals surface area contributed by atoms with Crippen molar-refractivity contribution in [3.8, 4) is 17.9 Å². The third-order valence-electron chi connectivity index (χ3n) is 2.07. The minimum absolute atomic E-state index is 0.205. The predicted octanol–water partition coefficient (Wildman–Crippen LogP) is 0.377. The average Bonchev–Trinajstić information content (AvgIpc) is 2.74. The van der Waals surface area contributed by atoms with E-state index in [2.05, 4.69) is 11.8 Å². The highest BCUT2D eigenvalue weighted by molar-refractivity contribution is 7.89. The molecule has 0 bridgehead atoms. The molecule has 18 heavy (non-hydrogen) atoms. The second-order valence-corrected chi connectivity index (χ2v) is 6.44. The molecule has 0 saturated heterocycles. The number of aliphatic hydroxyl groups excluding tert-OH is 1. The first kappa shape index (κ1) is 14.7. The van der Waals surface area contributed by atoms with Gasteiger partial charge in [0.25, 0.3) is 0 Å². The van der Waals surface area contributed by atoms with E-state index in [9.17, 15) is 8.42 Å². The second-order valence-electron chi connectivity index (χ2n) is 3.45. The van der Waals surface area contributed by atoms with Gasteiger partial charge in [0.05, 0.1) is 10.9 Å². The molecule has 0 amide bonds. The molecule has 0 fully saturated rings. The lowest BCUT2D eigenvalue weighted by Gasteiger charge is -2.13. The van der Waals surface area contributed by atoms with Crippen molar-refractivity contribution in [3.05, 3.63) is 21.9 Å². The monoisotopic (exact) mass is 284 g/mol. The minimum atomic E-state index is -3.52. The number of thiophene rings is 1. The Kier molecular flexibility index (Phi) is 5.32. The van der Waals surface area contributed by atoms with Gasteiger partial charge < -0.3 is 5.11 Å². The fourth-order valence-electron chi connectivity index (χ4n) is 1.20. The molecule has 1 aromatic rings. The van der Waals surface area contributed by atoms with Gasteiger partial charge in [-0.3, -0.25) is 0 Å². The number of hydrogen-bond donors (Lipinski definition) is 1. The minimum Gasteiger partial charge on any atom is -0.384 e. The van der Waals surface area contributed by atoms with Crippen LogP contribution in [0.2, 0.25) is 0 Å². The maximum atomic E-state index is 11.6. The van der Waals surface area contributed by atoms with Crippen LogP contribution in [0.15, 0.2) is 11.4 Å². The third-order valence-corrected chi connectivity index (χ3v) is 4.54. The van der Waals surface area contributed by atoms with Gasteiger partial charge in [0.2, 0.25) is 10.0 Å². The lowest BCUT2D eigenvalue weighted by Crippen LogP contribution is -2.28. The number of nitriles is 1. The summed E-state index contributed by atoms with van der Waals surface area (Å²) < 4.78 is 24.3. The number of hydrogen-bond acceptors (Lipinski definition) is 5. The van der Waals surface area contributed by atoms with E-state index in [0.29, 0.717) is 0 Å². The molecule has 1 N–H and O–H groups in total. The molecule has 0 aliphatic heterocycles. The summed E-state index contributed by atoms with van der Waals surface area (Å²) in [5.41, 5.74) is 0.811. The largest absolute Gasteiger partial charge is 0.384 e. The first-order valence-electron chi connectivity index (χ1n) is 4.97. The van der Waals surface area contributed by atoms with Gasteiger partial charge in [-0.2, -0.15) is 9.57 Å². The molecule has 1 aromatic heterocycles. The fourth-order valence-corrected chi connectivity index (χ4v) is 2.70. The maximum absolute atomic E-state index is 11.6. The van der Waals surface area contributed by atoms with Gasteiger partial charge in [-0.1, -0.05) is 11.8 Å². The Morgan fingerprint density at radius 3 is 2.89 bits per heavy atom. The molecule has 0 spiro atoms. The van der Waals surface area contributed by atoms with E-state index in [4.69, 9.17) is 10.4 Å². The molecule has 0 aromatic carbocycles. The molecule has 0 aliphatic rings. The van der Waals surface area contributed by atoms with Crippen molar-refractivity contribution in [2.45, 2.75) is 6.54 Å². The van der Waals surface area contributed by atoms with Gasteiger partial charge in [0.1, 0.15) is 6.61 Å². The van der Waals surface area contributed by atoms with Crippen molar-refractivity contribution in [2.24, 2.45) is 0 Å². The Balaban J connectivity index is 2.74. The Morgan fingerprint density at radius 2 is 2.28 bits per heavy atom. The zero-order chi connectivity index (χ0) is 13.6. The van der Waals surface area contributed by atoms with Gasteiger partial charge in [-0.05, 0) is 17.0 Å². The van der Waals surface area contributed by atoms with Gasteiger partial charge in [0, 0.05) is 13.6 Å². The van der Waals surface area contributed by atoms with Crippen LogP contribution < -0.4 is 0 Å². The molecule has 1 rings (SSSR count). The van der Waals surface area contributed by atoms with Crippen LogP contribution in [0.25, 0.3) is 0 Å². The second kappa shape index (κ2) is 6.53.